The van der Waals surface area contributed by atoms with Crippen LogP contribution in [0.2, 0.25) is 0 Å². The van der Waals surface area contributed by atoms with Crippen molar-refractivity contribution in [3.63, 3.8) is 0 Å². The van der Waals surface area contributed by atoms with Gasteiger partial charge in [-0.05, 0) is 32.0 Å². The Kier molecular flexibility index (Phi) is 4.22. The second-order valence-corrected chi connectivity index (χ2v) is 7.05. The lowest BCUT2D eigenvalue weighted by Crippen LogP contribution is -2.48. The largest absolute Gasteiger partial charge is 0.478 e. The Hall–Kier alpha value is -1.64. The molecule has 0 radical (unpaired) electrons. The first kappa shape index (κ1) is 15.7. The minimum absolute atomic E-state index is 0.191. The number of nitrogens with two attached hydrogens (primary N) is 1. The van der Waals surface area contributed by atoms with Crippen LogP contribution >= 0.6 is 0 Å². The van der Waals surface area contributed by atoms with Crippen LogP contribution in [-0.4, -0.2) is 49.1 Å². The van der Waals surface area contributed by atoms with Crippen molar-refractivity contribution in [3.05, 3.63) is 23.8 Å². The lowest BCUT2D eigenvalue weighted by atomic mass is 10.2. The molecule has 3 N–H and O–H groups in total. The Labute approximate surface area is 123 Å². The minimum Gasteiger partial charge on any atom is -0.478 e. The first-order chi connectivity index (χ1) is 9.71. The van der Waals surface area contributed by atoms with Crippen LogP contribution in [0.25, 0.3) is 0 Å². The summed E-state index contributed by atoms with van der Waals surface area (Å²) in [5, 5.41) is 9.19. The highest BCUT2D eigenvalue weighted by molar-refractivity contribution is 7.89. The number of nitrogens with zero attached hydrogens (tertiary/aromatic N) is 1. The van der Waals surface area contributed by atoms with Crippen LogP contribution in [-0.2, 0) is 14.8 Å². The smallest absolute Gasteiger partial charge is 0.337 e. The van der Waals surface area contributed by atoms with Gasteiger partial charge in [0.25, 0.3) is 0 Å². The van der Waals surface area contributed by atoms with E-state index in [0.29, 0.717) is 0 Å². The highest BCUT2D eigenvalue weighted by Gasteiger charge is 2.34. The number of carboxylic acids is 1. The zero-order valence-corrected chi connectivity index (χ0v) is 12.6. The van der Waals surface area contributed by atoms with E-state index in [-0.39, 0.29) is 41.4 Å². The van der Waals surface area contributed by atoms with Crippen molar-refractivity contribution in [1.29, 1.82) is 0 Å². The van der Waals surface area contributed by atoms with E-state index in [0.717, 1.165) is 6.07 Å². The van der Waals surface area contributed by atoms with E-state index in [1.165, 1.54) is 16.4 Å². The summed E-state index contributed by atoms with van der Waals surface area (Å²) in [6, 6.07) is 3.77. The van der Waals surface area contributed by atoms with Crippen molar-refractivity contribution in [2.24, 2.45) is 0 Å². The number of nitrogen functional groups attached to an aromatic ring is 1. The van der Waals surface area contributed by atoms with Crippen molar-refractivity contribution >= 4 is 21.7 Å². The van der Waals surface area contributed by atoms with Crippen LogP contribution < -0.4 is 5.73 Å². The summed E-state index contributed by atoms with van der Waals surface area (Å²) in [6.45, 7) is 3.94. The van der Waals surface area contributed by atoms with Gasteiger partial charge in [-0.25, -0.2) is 13.2 Å². The maximum atomic E-state index is 12.7. The fraction of sp³-hybridized carbons (Fsp3) is 0.462. The van der Waals surface area contributed by atoms with Gasteiger partial charge in [0.2, 0.25) is 10.0 Å². The van der Waals surface area contributed by atoms with E-state index in [4.69, 9.17) is 10.5 Å². The Bertz CT molecular complexity index is 649. The fourth-order valence-corrected chi connectivity index (χ4v) is 4.16. The van der Waals surface area contributed by atoms with Crippen molar-refractivity contribution in [3.8, 4) is 0 Å². The standard InChI is InChI=1S/C13H18N2O5S/c1-8-6-15(7-9(2)20-8)21(18,19)12-4-3-10(14)5-11(12)13(16)17/h3-5,8-9H,6-7,14H2,1-2H3,(H,16,17)/t8-,9+. The number of sulfonamides is 1. The molecule has 1 saturated heterocycles. The highest BCUT2D eigenvalue weighted by Crippen LogP contribution is 2.25. The lowest BCUT2D eigenvalue weighted by molar-refractivity contribution is -0.0440. The molecule has 0 aromatic heterocycles. The number of anilines is 1. The zero-order chi connectivity index (χ0) is 15.8. The van der Waals surface area contributed by atoms with Gasteiger partial charge in [0.1, 0.15) is 0 Å². The van der Waals surface area contributed by atoms with Gasteiger partial charge in [-0.1, -0.05) is 0 Å². The van der Waals surface area contributed by atoms with Crippen LogP contribution in [0.15, 0.2) is 23.1 Å². The molecule has 0 spiro atoms. The molecule has 1 aliphatic heterocycles. The van der Waals surface area contributed by atoms with Gasteiger partial charge in [0.15, 0.2) is 0 Å². The van der Waals surface area contributed by atoms with Crippen molar-refractivity contribution in [2.75, 3.05) is 18.8 Å². The number of aromatic carboxylic acids is 1. The number of ether oxygens (including phenoxy) is 1. The third-order valence-electron chi connectivity index (χ3n) is 3.24. The molecule has 7 nitrogen and oxygen atoms in total. The number of carboxylic acid groups (broad SMARTS) is 1. The second-order valence-electron chi connectivity index (χ2n) is 5.14. The number of morpholine rings is 1. The van der Waals surface area contributed by atoms with E-state index in [9.17, 15) is 18.3 Å². The molecular formula is C13H18N2O5S. The first-order valence-corrected chi connectivity index (χ1v) is 7.94. The van der Waals surface area contributed by atoms with Crippen LogP contribution in [0.5, 0.6) is 0 Å². The molecule has 116 valence electrons. The predicted octanol–water partition coefficient (Wildman–Crippen LogP) is 0.765. The average molecular weight is 314 g/mol. The summed E-state index contributed by atoms with van der Waals surface area (Å²) in [5.41, 5.74) is 5.43. The number of carbonyl (C=O) groups is 1. The van der Waals surface area contributed by atoms with Crippen LogP contribution in [0.4, 0.5) is 5.69 Å². The van der Waals surface area contributed by atoms with Gasteiger partial charge in [-0.2, -0.15) is 4.31 Å². The van der Waals surface area contributed by atoms with Crippen molar-refractivity contribution < 1.29 is 23.1 Å². The monoisotopic (exact) mass is 314 g/mol. The fourth-order valence-electron chi connectivity index (χ4n) is 2.41. The highest BCUT2D eigenvalue weighted by atomic mass is 32.2. The lowest BCUT2D eigenvalue weighted by Gasteiger charge is -2.34. The van der Waals surface area contributed by atoms with Gasteiger partial charge < -0.3 is 15.6 Å². The quantitative estimate of drug-likeness (QED) is 0.797. The third kappa shape index (κ3) is 3.17. The normalized spacial score (nSPS) is 23.9. The molecule has 21 heavy (non-hydrogen) atoms. The molecule has 1 heterocycles. The van der Waals surface area contributed by atoms with Crippen molar-refractivity contribution in [2.45, 2.75) is 31.0 Å². The Morgan fingerprint density at radius 1 is 1.33 bits per heavy atom. The minimum atomic E-state index is -3.90. The Morgan fingerprint density at radius 3 is 2.43 bits per heavy atom. The topological polar surface area (TPSA) is 110 Å². The van der Waals surface area contributed by atoms with E-state index >= 15 is 0 Å². The van der Waals surface area contributed by atoms with Gasteiger partial charge in [0, 0.05) is 18.8 Å². The van der Waals surface area contributed by atoms with E-state index in [1.807, 2.05) is 0 Å². The summed E-state index contributed by atoms with van der Waals surface area (Å²) >= 11 is 0. The molecule has 0 unspecified atom stereocenters. The molecule has 8 heteroatoms. The molecule has 1 fully saturated rings. The SMILES string of the molecule is C[C@@H]1CN(S(=O)(=O)c2ccc(N)cc2C(=O)O)C[C@H](C)O1. The summed E-state index contributed by atoms with van der Waals surface area (Å²) in [5.74, 6) is -1.32. The molecular weight excluding hydrogens is 296 g/mol. The number of rotatable bonds is 3. The summed E-state index contributed by atoms with van der Waals surface area (Å²) in [4.78, 5) is 11.0. The van der Waals surface area contributed by atoms with Crippen LogP contribution in [0, 0.1) is 0 Å². The molecule has 1 aromatic carbocycles. The van der Waals surface area contributed by atoms with E-state index in [1.54, 1.807) is 13.8 Å². The predicted molar refractivity (Wildman–Crippen MR) is 76.6 cm³/mol. The van der Waals surface area contributed by atoms with Crippen molar-refractivity contribution in [1.82, 2.24) is 4.31 Å². The average Bonchev–Trinajstić information content (AvgIpc) is 2.37. The number of hydrogen-bond acceptors (Lipinski definition) is 5. The molecule has 0 saturated carbocycles. The Morgan fingerprint density at radius 2 is 1.90 bits per heavy atom. The molecule has 1 aliphatic rings. The summed E-state index contributed by atoms with van der Waals surface area (Å²) < 4.78 is 32.1. The number of hydrogen-bond donors (Lipinski definition) is 2. The number of benzene rings is 1. The van der Waals surface area contributed by atoms with Gasteiger partial charge in [0.05, 0.1) is 22.7 Å². The van der Waals surface area contributed by atoms with Crippen LogP contribution in [0.1, 0.15) is 24.2 Å². The van der Waals surface area contributed by atoms with Gasteiger partial charge in [-0.3, -0.25) is 0 Å². The Balaban J connectivity index is 2.47. The molecule has 2 rings (SSSR count). The maximum Gasteiger partial charge on any atom is 0.337 e. The molecule has 1 aromatic rings. The third-order valence-corrected chi connectivity index (χ3v) is 5.13. The molecule has 0 aliphatic carbocycles. The molecule has 2 atom stereocenters. The van der Waals surface area contributed by atoms with Gasteiger partial charge >= 0.3 is 5.97 Å². The van der Waals surface area contributed by atoms with Gasteiger partial charge in [-0.15, -0.1) is 0 Å². The second kappa shape index (κ2) is 5.63. The van der Waals surface area contributed by atoms with E-state index in [2.05, 4.69) is 0 Å². The summed E-state index contributed by atoms with van der Waals surface area (Å²) in [6.07, 6.45) is -0.490. The first-order valence-electron chi connectivity index (χ1n) is 6.50. The summed E-state index contributed by atoms with van der Waals surface area (Å²) in [7, 11) is -3.90. The van der Waals surface area contributed by atoms with Crippen LogP contribution in [0.3, 0.4) is 0 Å². The molecule has 0 bridgehead atoms. The van der Waals surface area contributed by atoms with E-state index < -0.39 is 16.0 Å². The molecule has 0 amide bonds. The zero-order valence-electron chi connectivity index (χ0n) is 11.8. The maximum absolute atomic E-state index is 12.7.